The van der Waals surface area contributed by atoms with Crippen LogP contribution >= 0.6 is 0 Å². The Labute approximate surface area is 117 Å². The summed E-state index contributed by atoms with van der Waals surface area (Å²) in [5.74, 6) is -0.243. The molecule has 3 rings (SSSR count). The van der Waals surface area contributed by atoms with Gasteiger partial charge in [0.1, 0.15) is 5.82 Å². The molecule has 0 aliphatic carbocycles. The molecule has 0 amide bonds. The highest BCUT2D eigenvalue weighted by atomic mass is 19.1. The second kappa shape index (κ2) is 5.73. The maximum Gasteiger partial charge on any atom is 0.123 e. The molecule has 4 nitrogen and oxygen atoms in total. The lowest BCUT2D eigenvalue weighted by Crippen LogP contribution is -2.31. The van der Waals surface area contributed by atoms with Gasteiger partial charge in [-0.25, -0.2) is 4.39 Å². The van der Waals surface area contributed by atoms with Gasteiger partial charge in [0.2, 0.25) is 0 Å². The lowest BCUT2D eigenvalue weighted by molar-refractivity contribution is 0.212. The highest BCUT2D eigenvalue weighted by molar-refractivity contribution is 5.64. The maximum absolute atomic E-state index is 13.4. The summed E-state index contributed by atoms with van der Waals surface area (Å²) in [5.41, 5.74) is 3.95. The monoisotopic (exact) mass is 275 g/mol. The average molecular weight is 275 g/mol. The predicted octanol–water partition coefficient (Wildman–Crippen LogP) is 1.96. The van der Waals surface area contributed by atoms with Crippen molar-refractivity contribution in [2.45, 2.75) is 19.4 Å². The molecule has 2 heterocycles. The summed E-state index contributed by atoms with van der Waals surface area (Å²) in [6, 6.07) is 6.55. The van der Waals surface area contributed by atoms with Crippen molar-refractivity contribution in [3.05, 3.63) is 41.3 Å². The molecule has 20 heavy (non-hydrogen) atoms. The molecule has 0 fully saturated rings. The van der Waals surface area contributed by atoms with Gasteiger partial charge >= 0.3 is 0 Å². The molecule has 1 aromatic heterocycles. The minimum atomic E-state index is -0.243. The van der Waals surface area contributed by atoms with Gasteiger partial charge in [-0.2, -0.15) is 5.10 Å². The summed E-state index contributed by atoms with van der Waals surface area (Å²) in [7, 11) is 0. The quantitative estimate of drug-likeness (QED) is 0.897. The van der Waals surface area contributed by atoms with Crippen LogP contribution in [-0.4, -0.2) is 39.9 Å². The summed E-state index contributed by atoms with van der Waals surface area (Å²) in [6.07, 6.45) is 1.70. The van der Waals surface area contributed by atoms with Gasteiger partial charge in [-0.05, 0) is 18.6 Å². The van der Waals surface area contributed by atoms with Gasteiger partial charge in [0.25, 0.3) is 0 Å². The summed E-state index contributed by atoms with van der Waals surface area (Å²) in [6.45, 7) is 2.87. The Morgan fingerprint density at radius 3 is 3.10 bits per heavy atom. The van der Waals surface area contributed by atoms with E-state index in [0.29, 0.717) is 0 Å². The van der Waals surface area contributed by atoms with E-state index >= 15 is 0 Å². The highest BCUT2D eigenvalue weighted by Gasteiger charge is 2.22. The van der Waals surface area contributed by atoms with Crippen LogP contribution in [0, 0.1) is 5.82 Å². The Morgan fingerprint density at radius 1 is 1.40 bits per heavy atom. The highest BCUT2D eigenvalue weighted by Crippen LogP contribution is 2.28. The van der Waals surface area contributed by atoms with Crippen molar-refractivity contribution in [3.8, 4) is 11.3 Å². The fraction of sp³-hybridized carbons (Fsp3) is 0.400. The van der Waals surface area contributed by atoms with E-state index in [1.165, 1.54) is 12.1 Å². The zero-order valence-electron chi connectivity index (χ0n) is 11.3. The van der Waals surface area contributed by atoms with Crippen LogP contribution in [0.15, 0.2) is 24.3 Å². The number of hydrogen-bond donors (Lipinski definition) is 2. The average Bonchev–Trinajstić information content (AvgIpc) is 2.88. The van der Waals surface area contributed by atoms with Crippen molar-refractivity contribution in [3.63, 3.8) is 0 Å². The second-order valence-electron chi connectivity index (χ2n) is 5.14. The SMILES string of the molecule is OCCCN1CCc2[nH]nc(-c3cccc(F)c3)c2C1. The Kier molecular flexibility index (Phi) is 3.80. The molecule has 0 bridgehead atoms. The first kappa shape index (κ1) is 13.3. The molecule has 5 heteroatoms. The Balaban J connectivity index is 1.87. The number of aliphatic hydroxyl groups is 1. The smallest absolute Gasteiger partial charge is 0.123 e. The number of benzene rings is 1. The van der Waals surface area contributed by atoms with Crippen LogP contribution in [0.5, 0.6) is 0 Å². The van der Waals surface area contributed by atoms with E-state index in [2.05, 4.69) is 15.1 Å². The third-order valence-corrected chi connectivity index (χ3v) is 3.74. The number of rotatable bonds is 4. The second-order valence-corrected chi connectivity index (χ2v) is 5.14. The van der Waals surface area contributed by atoms with E-state index in [9.17, 15) is 4.39 Å². The summed E-state index contributed by atoms with van der Waals surface area (Å²) in [5, 5.41) is 16.4. The maximum atomic E-state index is 13.4. The van der Waals surface area contributed by atoms with Gasteiger partial charge in [0.05, 0.1) is 5.69 Å². The van der Waals surface area contributed by atoms with E-state index in [-0.39, 0.29) is 12.4 Å². The molecule has 106 valence electrons. The largest absolute Gasteiger partial charge is 0.396 e. The van der Waals surface area contributed by atoms with Gasteiger partial charge in [-0.15, -0.1) is 0 Å². The Bertz CT molecular complexity index is 597. The first-order valence-electron chi connectivity index (χ1n) is 6.93. The van der Waals surface area contributed by atoms with Crippen LogP contribution in [0.2, 0.25) is 0 Å². The van der Waals surface area contributed by atoms with E-state index in [1.54, 1.807) is 6.07 Å². The molecule has 0 spiro atoms. The third-order valence-electron chi connectivity index (χ3n) is 3.74. The minimum Gasteiger partial charge on any atom is -0.396 e. The Hall–Kier alpha value is -1.72. The van der Waals surface area contributed by atoms with Crippen molar-refractivity contribution in [1.82, 2.24) is 15.1 Å². The summed E-state index contributed by atoms with van der Waals surface area (Å²) < 4.78 is 13.4. The molecular weight excluding hydrogens is 257 g/mol. The number of aromatic amines is 1. The number of aliphatic hydroxyl groups excluding tert-OH is 1. The molecule has 1 aliphatic heterocycles. The lowest BCUT2D eigenvalue weighted by Gasteiger charge is -2.26. The van der Waals surface area contributed by atoms with Gasteiger partial charge in [0.15, 0.2) is 0 Å². The molecule has 0 saturated carbocycles. The first-order valence-corrected chi connectivity index (χ1v) is 6.93. The Morgan fingerprint density at radius 2 is 2.30 bits per heavy atom. The number of nitrogens with zero attached hydrogens (tertiary/aromatic N) is 2. The van der Waals surface area contributed by atoms with Gasteiger partial charge in [0, 0.05) is 49.5 Å². The van der Waals surface area contributed by atoms with Crippen LogP contribution in [0.25, 0.3) is 11.3 Å². The van der Waals surface area contributed by atoms with Crippen LogP contribution in [-0.2, 0) is 13.0 Å². The molecule has 0 saturated heterocycles. The molecule has 2 aromatic rings. The zero-order valence-corrected chi connectivity index (χ0v) is 11.3. The van der Waals surface area contributed by atoms with E-state index < -0.39 is 0 Å². The number of hydrogen-bond acceptors (Lipinski definition) is 3. The molecular formula is C15H18FN3O. The first-order chi connectivity index (χ1) is 9.78. The number of H-pyrrole nitrogens is 1. The fourth-order valence-electron chi connectivity index (χ4n) is 2.71. The van der Waals surface area contributed by atoms with Gasteiger partial charge in [-0.3, -0.25) is 10.00 Å². The van der Waals surface area contributed by atoms with Crippen LogP contribution in [0.3, 0.4) is 0 Å². The van der Waals surface area contributed by atoms with Crippen LogP contribution < -0.4 is 0 Å². The topological polar surface area (TPSA) is 52.1 Å². The summed E-state index contributed by atoms with van der Waals surface area (Å²) in [4.78, 5) is 2.30. The van der Waals surface area contributed by atoms with E-state index in [1.807, 2.05) is 6.07 Å². The normalized spacial score (nSPS) is 15.3. The van der Waals surface area contributed by atoms with Gasteiger partial charge < -0.3 is 5.11 Å². The fourth-order valence-corrected chi connectivity index (χ4v) is 2.71. The predicted molar refractivity (Wildman–Crippen MR) is 74.7 cm³/mol. The number of fused-ring (bicyclic) bond motifs is 1. The number of nitrogens with one attached hydrogen (secondary N) is 1. The molecule has 1 aliphatic rings. The van der Waals surface area contributed by atoms with Crippen molar-refractivity contribution in [1.29, 1.82) is 0 Å². The number of aromatic nitrogens is 2. The van der Waals surface area contributed by atoms with Crippen molar-refractivity contribution in [2.75, 3.05) is 19.7 Å². The lowest BCUT2D eigenvalue weighted by atomic mass is 10.0. The minimum absolute atomic E-state index is 0.214. The summed E-state index contributed by atoms with van der Waals surface area (Å²) >= 11 is 0. The van der Waals surface area contributed by atoms with Crippen molar-refractivity contribution in [2.24, 2.45) is 0 Å². The van der Waals surface area contributed by atoms with E-state index in [0.717, 1.165) is 55.0 Å². The zero-order chi connectivity index (χ0) is 13.9. The van der Waals surface area contributed by atoms with Crippen LogP contribution in [0.1, 0.15) is 17.7 Å². The van der Waals surface area contributed by atoms with E-state index in [4.69, 9.17) is 5.11 Å². The van der Waals surface area contributed by atoms with Crippen molar-refractivity contribution >= 4 is 0 Å². The third kappa shape index (κ3) is 2.59. The van der Waals surface area contributed by atoms with Crippen LogP contribution in [0.4, 0.5) is 4.39 Å². The van der Waals surface area contributed by atoms with Crippen molar-refractivity contribution < 1.29 is 9.50 Å². The van der Waals surface area contributed by atoms with Gasteiger partial charge in [-0.1, -0.05) is 12.1 Å². The molecule has 0 atom stereocenters. The molecule has 0 unspecified atom stereocenters. The molecule has 2 N–H and O–H groups in total. The molecule has 0 radical (unpaired) electrons. The standard InChI is InChI=1S/C15H18FN3O/c16-12-4-1-3-11(9-12)15-13-10-19(6-2-8-20)7-5-14(13)17-18-15/h1,3-4,9,20H,2,5-8,10H2,(H,17,18). The molecule has 1 aromatic carbocycles. The number of halogens is 1.